The Morgan fingerprint density at radius 1 is 1.04 bits per heavy atom. The molecule has 2 aromatic heterocycles. The first-order valence-corrected chi connectivity index (χ1v) is 26.1. The number of aliphatic hydroxyl groups is 1. The lowest BCUT2D eigenvalue weighted by atomic mass is 9.70. The van der Waals surface area contributed by atoms with Crippen molar-refractivity contribution in [1.29, 1.82) is 0 Å². The van der Waals surface area contributed by atoms with Crippen LogP contribution in [0.4, 0.5) is 21.5 Å². The highest BCUT2D eigenvalue weighted by molar-refractivity contribution is 7.90. The molecule has 10 rings (SSSR count). The molecular weight excluding hydrogens is 902 g/mol. The molecule has 3 aromatic carbocycles. The summed E-state index contributed by atoms with van der Waals surface area (Å²) in [7, 11) is -4.73. The molecule has 2 saturated heterocycles. The van der Waals surface area contributed by atoms with E-state index in [1.807, 2.05) is 6.92 Å². The van der Waals surface area contributed by atoms with Crippen molar-refractivity contribution >= 4 is 44.0 Å². The van der Waals surface area contributed by atoms with Crippen molar-refractivity contribution in [3.05, 3.63) is 105 Å². The van der Waals surface area contributed by atoms with Gasteiger partial charge in [-0.15, -0.1) is 0 Å². The number of benzene rings is 3. The number of anilines is 2. The van der Waals surface area contributed by atoms with Crippen LogP contribution in [-0.4, -0.2) is 89.7 Å². The molecule has 3 atom stereocenters. The lowest BCUT2D eigenvalue weighted by Gasteiger charge is -2.57. The van der Waals surface area contributed by atoms with Gasteiger partial charge in [-0.3, -0.25) is 19.8 Å². The highest BCUT2D eigenvalue weighted by atomic mass is 32.2. The first-order valence-electron chi connectivity index (χ1n) is 24.6. The van der Waals surface area contributed by atoms with Crippen LogP contribution in [0, 0.1) is 27.3 Å². The zero-order valence-corrected chi connectivity index (χ0v) is 40.5. The summed E-state index contributed by atoms with van der Waals surface area (Å²) < 4.78 is 57.6. The van der Waals surface area contributed by atoms with Gasteiger partial charge < -0.3 is 29.8 Å². The van der Waals surface area contributed by atoms with Crippen LogP contribution in [0.25, 0.3) is 11.0 Å². The zero-order valence-electron chi connectivity index (χ0n) is 39.7. The molecule has 4 N–H and O–H groups in total. The lowest BCUT2D eigenvalue weighted by molar-refractivity contribution is -0.384. The zero-order chi connectivity index (χ0) is 48.4. The third-order valence-corrected chi connectivity index (χ3v) is 17.2. The number of carbonyl (C=O) groups excluding carboxylic acids is 1. The van der Waals surface area contributed by atoms with Gasteiger partial charge in [0.25, 0.3) is 21.6 Å². The highest BCUT2D eigenvalue weighted by Crippen LogP contribution is 2.49. The molecular formula is C52H62FN7O8S. The second-order valence-electron chi connectivity index (χ2n) is 20.8. The van der Waals surface area contributed by atoms with Gasteiger partial charge in [0.2, 0.25) is 0 Å². The lowest BCUT2D eigenvalue weighted by Crippen LogP contribution is -2.63. The number of halogens is 1. The Morgan fingerprint density at radius 2 is 1.80 bits per heavy atom. The number of aromatic nitrogens is 2. The number of hydrogen-bond acceptors (Lipinski definition) is 12. The fraction of sp³-hybridized carbons (Fsp3) is 0.500. The van der Waals surface area contributed by atoms with Crippen molar-refractivity contribution < 1.29 is 37.1 Å². The van der Waals surface area contributed by atoms with Gasteiger partial charge in [0.1, 0.15) is 29.6 Å². The summed E-state index contributed by atoms with van der Waals surface area (Å²) in [4.78, 5) is 37.9. The average molecular weight is 964 g/mol. The normalized spacial score (nSPS) is 24.7. The molecule has 17 heteroatoms. The quantitative estimate of drug-likeness (QED) is 0.0685. The summed E-state index contributed by atoms with van der Waals surface area (Å²) >= 11 is 0. The van der Waals surface area contributed by atoms with Gasteiger partial charge in [0.15, 0.2) is 11.4 Å². The Hall–Kier alpha value is -5.78. The first kappa shape index (κ1) is 46.9. The minimum atomic E-state index is -4.73. The fourth-order valence-electron chi connectivity index (χ4n) is 11.9. The van der Waals surface area contributed by atoms with Crippen LogP contribution in [0.2, 0.25) is 0 Å². The Kier molecular flexibility index (Phi) is 12.4. The third-order valence-electron chi connectivity index (χ3n) is 15.9. The number of hydrogen-bond donors (Lipinski definition) is 4. The number of rotatable bonds is 12. The molecule has 15 nitrogen and oxygen atoms in total. The minimum Gasteiger partial charge on any atom is -0.489 e. The number of piperidine rings is 1. The van der Waals surface area contributed by atoms with Gasteiger partial charge in [0, 0.05) is 62.3 Å². The highest BCUT2D eigenvalue weighted by Gasteiger charge is 2.49. The van der Waals surface area contributed by atoms with E-state index in [4.69, 9.17) is 9.47 Å². The molecule has 1 amide bonds. The molecule has 69 heavy (non-hydrogen) atoms. The van der Waals surface area contributed by atoms with Gasteiger partial charge in [-0.2, -0.15) is 0 Å². The molecule has 3 aliphatic heterocycles. The van der Waals surface area contributed by atoms with Crippen molar-refractivity contribution in [2.75, 3.05) is 43.0 Å². The van der Waals surface area contributed by atoms with E-state index >= 15 is 0 Å². The topological polar surface area (TPSA) is 192 Å². The molecule has 4 fully saturated rings. The number of sulfonamides is 1. The number of pyridine rings is 1. The van der Waals surface area contributed by atoms with E-state index in [0.717, 1.165) is 50.8 Å². The summed E-state index contributed by atoms with van der Waals surface area (Å²) in [5.41, 5.74) is 3.47. The number of nitro groups is 1. The van der Waals surface area contributed by atoms with Crippen molar-refractivity contribution in [2.24, 2.45) is 11.3 Å². The van der Waals surface area contributed by atoms with Crippen LogP contribution in [0.5, 0.6) is 17.2 Å². The molecule has 5 aromatic rings. The van der Waals surface area contributed by atoms with Crippen molar-refractivity contribution in [2.45, 2.75) is 126 Å². The third kappa shape index (κ3) is 9.13. The number of nitrogens with zero attached hydrogens (tertiary/aromatic N) is 4. The van der Waals surface area contributed by atoms with Gasteiger partial charge in [-0.25, -0.2) is 22.5 Å². The van der Waals surface area contributed by atoms with Gasteiger partial charge >= 0.3 is 0 Å². The van der Waals surface area contributed by atoms with Crippen molar-refractivity contribution in [3.63, 3.8) is 0 Å². The Balaban J connectivity index is 0.883. The molecule has 5 aliphatic rings. The maximum Gasteiger partial charge on any atom is 0.297 e. The summed E-state index contributed by atoms with van der Waals surface area (Å²) in [6.45, 7) is 12.1. The number of nitrogens with one attached hydrogen (secondary N) is 3. The van der Waals surface area contributed by atoms with Crippen LogP contribution >= 0.6 is 0 Å². The van der Waals surface area contributed by atoms with E-state index in [0.29, 0.717) is 61.3 Å². The maximum absolute atomic E-state index is 14.9. The second kappa shape index (κ2) is 18.2. The first-order chi connectivity index (χ1) is 33.0. The number of ether oxygens (including phenoxy) is 2. The molecule has 366 valence electrons. The van der Waals surface area contributed by atoms with E-state index in [9.17, 15) is 32.8 Å². The number of aromatic amines is 1. The largest absolute Gasteiger partial charge is 0.489 e. The number of nitro benzene ring substituents is 1. The van der Waals surface area contributed by atoms with Gasteiger partial charge in [0.05, 0.1) is 38.1 Å². The summed E-state index contributed by atoms with van der Waals surface area (Å²) in [6.07, 6.45) is 9.85. The summed E-state index contributed by atoms with van der Waals surface area (Å²) in [5.74, 6) is -0.220. The second-order valence-corrected chi connectivity index (χ2v) is 22.5. The van der Waals surface area contributed by atoms with E-state index in [1.54, 1.807) is 19.1 Å². The minimum absolute atomic E-state index is 0.0236. The van der Waals surface area contributed by atoms with Gasteiger partial charge in [-0.1, -0.05) is 51.5 Å². The number of likely N-dealkylation sites (tertiary alicyclic amines) is 1. The number of carbonyl (C=O) groups is 1. The predicted molar refractivity (Wildman–Crippen MR) is 262 cm³/mol. The molecule has 0 radical (unpaired) electrons. The van der Waals surface area contributed by atoms with Crippen LogP contribution in [0.3, 0.4) is 0 Å². The van der Waals surface area contributed by atoms with E-state index in [-0.39, 0.29) is 57.9 Å². The predicted octanol–water partition coefficient (Wildman–Crippen LogP) is 9.56. The van der Waals surface area contributed by atoms with Crippen LogP contribution in [-0.2, 0) is 16.4 Å². The molecule has 5 heterocycles. The van der Waals surface area contributed by atoms with E-state index in [2.05, 4.69) is 67.9 Å². The average Bonchev–Trinajstić information content (AvgIpc) is 3.96. The molecule has 2 saturated carbocycles. The molecule has 1 unspecified atom stereocenters. The summed E-state index contributed by atoms with van der Waals surface area (Å²) in [6, 6.07) is 17.8. The number of H-pyrrole nitrogens is 1. The molecule has 2 aliphatic carbocycles. The van der Waals surface area contributed by atoms with Gasteiger partial charge in [-0.05, 0) is 117 Å². The van der Waals surface area contributed by atoms with Crippen LogP contribution < -0.4 is 24.4 Å². The SMILES string of the molecule is CCc1nc2[nH]cc(F)c2cc1Oc1cc(N2CCC3(CC2)CN(C2CCC[C@H]2c2ccccc2C(C)C)C3)ccc1C(=O)NS(=O)(=O)c1cc2c(c([N+](=O)[O-])c1)N[C@@H](C1CCC(C)(O)CC1)CO2. The number of aryl methyl sites for hydroxylation is 1. The van der Waals surface area contributed by atoms with Crippen molar-refractivity contribution in [1.82, 2.24) is 19.6 Å². The maximum atomic E-state index is 14.9. The van der Waals surface area contributed by atoms with E-state index in [1.165, 1.54) is 54.8 Å². The Bertz CT molecular complexity index is 2900. The Labute approximate surface area is 402 Å². The van der Waals surface area contributed by atoms with Crippen LogP contribution in [0.1, 0.15) is 124 Å². The monoisotopic (exact) mass is 963 g/mol. The molecule has 0 bridgehead atoms. The number of amides is 1. The standard InChI is InChI=1S/C52H62FN7O8S/c1-5-41-46(26-39-40(53)27-54-49(39)56-41)68-45-23-33(58-21-19-52(20-22-58)29-59(30-52)43-12-8-11-37(43)36-10-7-6-9-35(36)31(2)3)13-14-38(45)50(61)57-69(65,66)34-24-44(60(63)64)48-47(25-34)67-28-42(55-48)32-15-17-51(4,62)18-16-32/h6-7,9-10,13-14,23-27,31-32,37,42-43,55,62H,5,8,11-12,15-22,28-30H2,1-4H3,(H,54,56)(H,57,61)/t32?,37-,42+,43?,51?/m0/s1. The smallest absolute Gasteiger partial charge is 0.297 e. The fourth-order valence-corrected chi connectivity index (χ4v) is 12.9. The molecule has 1 spiro atoms. The number of fused-ring (bicyclic) bond motifs is 2. The van der Waals surface area contributed by atoms with Crippen LogP contribution in [0.15, 0.2) is 71.8 Å². The summed E-state index contributed by atoms with van der Waals surface area (Å²) in [5, 5.41) is 26.3. The Morgan fingerprint density at radius 3 is 2.52 bits per heavy atom. The van der Waals surface area contributed by atoms with E-state index < -0.39 is 42.9 Å². The van der Waals surface area contributed by atoms with Crippen molar-refractivity contribution in [3.8, 4) is 17.2 Å².